The number of hydrogen-bond acceptors (Lipinski definition) is 5. The fourth-order valence-electron chi connectivity index (χ4n) is 2.30. The van der Waals surface area contributed by atoms with Gasteiger partial charge in [-0.15, -0.1) is 0 Å². The summed E-state index contributed by atoms with van der Waals surface area (Å²) >= 11 is 0. The van der Waals surface area contributed by atoms with Gasteiger partial charge in [-0.3, -0.25) is 0 Å². The van der Waals surface area contributed by atoms with Crippen molar-refractivity contribution in [3.8, 4) is 11.3 Å². The maximum Gasteiger partial charge on any atom is 0.342 e. The van der Waals surface area contributed by atoms with Gasteiger partial charge in [0.15, 0.2) is 0 Å². The van der Waals surface area contributed by atoms with E-state index in [4.69, 9.17) is 4.74 Å². The first-order chi connectivity index (χ1) is 11.3. The van der Waals surface area contributed by atoms with E-state index in [2.05, 4.69) is 9.97 Å². The molecule has 5 nitrogen and oxygen atoms in total. The lowest BCUT2D eigenvalue weighted by Crippen LogP contribution is -2.19. The first-order valence-corrected chi connectivity index (χ1v) is 7.87. The van der Waals surface area contributed by atoms with E-state index in [0.717, 1.165) is 0 Å². The van der Waals surface area contributed by atoms with Crippen LogP contribution in [0.25, 0.3) is 11.3 Å². The van der Waals surface area contributed by atoms with Crippen molar-refractivity contribution in [2.24, 2.45) is 0 Å². The van der Waals surface area contributed by atoms with Gasteiger partial charge in [0, 0.05) is 19.7 Å². The largest absolute Gasteiger partial charge is 0.462 e. The van der Waals surface area contributed by atoms with E-state index in [0.29, 0.717) is 28.5 Å². The molecule has 0 aliphatic carbocycles. The Morgan fingerprint density at radius 3 is 2.33 bits per heavy atom. The Morgan fingerprint density at radius 1 is 1.21 bits per heavy atom. The van der Waals surface area contributed by atoms with Crippen LogP contribution in [0.4, 0.5) is 10.3 Å². The van der Waals surface area contributed by atoms with Crippen molar-refractivity contribution >= 4 is 11.9 Å². The van der Waals surface area contributed by atoms with E-state index >= 15 is 0 Å². The van der Waals surface area contributed by atoms with Crippen LogP contribution < -0.4 is 4.90 Å². The van der Waals surface area contributed by atoms with Crippen molar-refractivity contribution in [3.05, 3.63) is 41.3 Å². The Kier molecular flexibility index (Phi) is 5.49. The van der Waals surface area contributed by atoms with Gasteiger partial charge in [0.1, 0.15) is 11.4 Å². The zero-order valence-corrected chi connectivity index (χ0v) is 14.6. The second-order valence-electron chi connectivity index (χ2n) is 5.91. The summed E-state index contributed by atoms with van der Waals surface area (Å²) in [6, 6.07) is 5.89. The molecule has 2 aromatic rings. The molecule has 24 heavy (non-hydrogen) atoms. The van der Waals surface area contributed by atoms with Crippen LogP contribution in [0.5, 0.6) is 0 Å². The molecule has 2 rings (SSSR count). The third-order valence-electron chi connectivity index (χ3n) is 3.47. The lowest BCUT2D eigenvalue weighted by molar-refractivity contribution is 0.0524. The third-order valence-corrected chi connectivity index (χ3v) is 3.47. The Morgan fingerprint density at radius 2 is 1.83 bits per heavy atom. The van der Waals surface area contributed by atoms with Crippen LogP contribution in [0.15, 0.2) is 24.3 Å². The Hall–Kier alpha value is -2.50. The van der Waals surface area contributed by atoms with E-state index in [1.807, 2.05) is 27.9 Å². The summed E-state index contributed by atoms with van der Waals surface area (Å²) in [5, 5.41) is 0. The molecule has 0 aliphatic rings. The van der Waals surface area contributed by atoms with Gasteiger partial charge in [0.25, 0.3) is 0 Å². The minimum absolute atomic E-state index is 0.00491. The fraction of sp³-hybridized carbons (Fsp3) is 0.389. The van der Waals surface area contributed by atoms with Crippen molar-refractivity contribution in [2.45, 2.75) is 26.7 Å². The molecule has 1 aromatic carbocycles. The molecule has 0 aliphatic heterocycles. The van der Waals surface area contributed by atoms with Crippen molar-refractivity contribution in [2.75, 3.05) is 25.6 Å². The Labute approximate surface area is 141 Å². The normalized spacial score (nSPS) is 10.8. The standard InChI is InChI=1S/C18H22FN3O2/c1-6-24-17(23)14-15(11(2)3)20-18(22(4)5)21-16(14)12-7-9-13(19)10-8-12/h7-11H,6H2,1-5H3. The second-order valence-corrected chi connectivity index (χ2v) is 5.91. The number of rotatable bonds is 5. The first kappa shape index (κ1) is 17.8. The highest BCUT2D eigenvalue weighted by Crippen LogP contribution is 2.30. The van der Waals surface area contributed by atoms with E-state index in [9.17, 15) is 9.18 Å². The lowest BCUT2D eigenvalue weighted by Gasteiger charge is -2.19. The summed E-state index contributed by atoms with van der Waals surface area (Å²) in [7, 11) is 3.66. The van der Waals surface area contributed by atoms with Gasteiger partial charge in [0.05, 0.1) is 18.0 Å². The predicted octanol–water partition coefficient (Wildman–Crippen LogP) is 3.65. The molecule has 6 heteroatoms. The zero-order chi connectivity index (χ0) is 17.9. The summed E-state index contributed by atoms with van der Waals surface area (Å²) in [6.45, 7) is 5.92. The maximum absolute atomic E-state index is 13.3. The molecule has 0 fully saturated rings. The van der Waals surface area contributed by atoms with Gasteiger partial charge >= 0.3 is 5.97 Å². The average Bonchev–Trinajstić information content (AvgIpc) is 2.54. The molecule has 0 spiro atoms. The van der Waals surface area contributed by atoms with Crippen LogP contribution in [0.1, 0.15) is 42.7 Å². The molecule has 0 atom stereocenters. The molecule has 0 amide bonds. The van der Waals surface area contributed by atoms with Crippen LogP contribution in [0.3, 0.4) is 0 Å². The lowest BCUT2D eigenvalue weighted by atomic mass is 9.98. The van der Waals surface area contributed by atoms with Crippen molar-refractivity contribution in [3.63, 3.8) is 0 Å². The number of carbonyl (C=O) groups is 1. The van der Waals surface area contributed by atoms with Gasteiger partial charge < -0.3 is 9.64 Å². The Bertz CT molecular complexity index is 728. The molecule has 0 N–H and O–H groups in total. The van der Waals surface area contributed by atoms with Crippen LogP contribution in [0.2, 0.25) is 0 Å². The van der Waals surface area contributed by atoms with E-state index in [1.165, 1.54) is 12.1 Å². The van der Waals surface area contributed by atoms with Crippen molar-refractivity contribution in [1.82, 2.24) is 9.97 Å². The summed E-state index contributed by atoms with van der Waals surface area (Å²) < 4.78 is 18.5. The van der Waals surface area contributed by atoms with Crippen LogP contribution in [0, 0.1) is 5.82 Å². The topological polar surface area (TPSA) is 55.3 Å². The molecular weight excluding hydrogens is 309 g/mol. The highest BCUT2D eigenvalue weighted by Gasteiger charge is 2.25. The number of aromatic nitrogens is 2. The maximum atomic E-state index is 13.3. The molecule has 0 saturated heterocycles. The summed E-state index contributed by atoms with van der Waals surface area (Å²) in [4.78, 5) is 23.3. The van der Waals surface area contributed by atoms with E-state index < -0.39 is 5.97 Å². The van der Waals surface area contributed by atoms with Gasteiger partial charge in [0.2, 0.25) is 5.95 Å². The SMILES string of the molecule is CCOC(=O)c1c(-c2ccc(F)cc2)nc(N(C)C)nc1C(C)C. The molecule has 1 aromatic heterocycles. The number of halogens is 1. The number of ether oxygens (including phenoxy) is 1. The smallest absolute Gasteiger partial charge is 0.342 e. The van der Waals surface area contributed by atoms with Gasteiger partial charge in [-0.2, -0.15) is 0 Å². The minimum atomic E-state index is -0.467. The molecule has 0 unspecified atom stereocenters. The van der Waals surface area contributed by atoms with E-state index in [1.54, 1.807) is 24.0 Å². The number of carbonyl (C=O) groups excluding carboxylic acids is 1. The molecule has 0 bridgehead atoms. The van der Waals surface area contributed by atoms with Crippen LogP contribution in [-0.4, -0.2) is 36.6 Å². The Balaban J connectivity index is 2.76. The quantitative estimate of drug-likeness (QED) is 0.783. The monoisotopic (exact) mass is 331 g/mol. The minimum Gasteiger partial charge on any atom is -0.462 e. The zero-order valence-electron chi connectivity index (χ0n) is 14.6. The van der Waals surface area contributed by atoms with Gasteiger partial charge in [-0.1, -0.05) is 13.8 Å². The molecule has 0 radical (unpaired) electrons. The highest BCUT2D eigenvalue weighted by molar-refractivity contribution is 5.97. The average molecular weight is 331 g/mol. The fourth-order valence-corrected chi connectivity index (χ4v) is 2.30. The first-order valence-electron chi connectivity index (χ1n) is 7.87. The van der Waals surface area contributed by atoms with Crippen molar-refractivity contribution < 1.29 is 13.9 Å². The number of nitrogens with zero attached hydrogens (tertiary/aromatic N) is 3. The number of benzene rings is 1. The molecule has 0 saturated carbocycles. The van der Waals surface area contributed by atoms with Crippen molar-refractivity contribution in [1.29, 1.82) is 0 Å². The summed E-state index contributed by atoms with van der Waals surface area (Å²) in [6.07, 6.45) is 0. The molecular formula is C18H22FN3O2. The summed E-state index contributed by atoms with van der Waals surface area (Å²) in [5.74, 6) is -0.315. The van der Waals surface area contributed by atoms with Gasteiger partial charge in [-0.25, -0.2) is 19.2 Å². The third kappa shape index (κ3) is 3.69. The molecule has 128 valence electrons. The van der Waals surface area contributed by atoms with E-state index in [-0.39, 0.29) is 18.3 Å². The predicted molar refractivity (Wildman–Crippen MR) is 91.8 cm³/mol. The van der Waals surface area contributed by atoms with Crippen LogP contribution >= 0.6 is 0 Å². The number of esters is 1. The number of hydrogen-bond donors (Lipinski definition) is 0. The van der Waals surface area contributed by atoms with Gasteiger partial charge in [-0.05, 0) is 37.1 Å². The van der Waals surface area contributed by atoms with Crippen LogP contribution in [-0.2, 0) is 4.74 Å². The number of anilines is 1. The summed E-state index contributed by atoms with van der Waals surface area (Å²) in [5.41, 5.74) is 2.05. The highest BCUT2D eigenvalue weighted by atomic mass is 19.1. The molecule has 1 heterocycles. The second kappa shape index (κ2) is 7.38.